The molecule has 2 heteroatoms. The molecule has 0 atom stereocenters. The van der Waals surface area contributed by atoms with Gasteiger partial charge >= 0.3 is 0 Å². The number of para-hydroxylation sites is 1. The topological polar surface area (TPSA) is 6.48 Å². The van der Waals surface area contributed by atoms with Crippen LogP contribution in [0.15, 0.2) is 200 Å². The van der Waals surface area contributed by atoms with Crippen LogP contribution in [0.2, 0.25) is 0 Å². The molecule has 8 aromatic carbocycles. The summed E-state index contributed by atoms with van der Waals surface area (Å²) >= 11 is 0. The van der Waals surface area contributed by atoms with Gasteiger partial charge in [-0.15, -0.1) is 0 Å². The summed E-state index contributed by atoms with van der Waals surface area (Å²) in [6.07, 6.45) is 7.15. The fourth-order valence-electron chi connectivity index (χ4n) is 11.9. The summed E-state index contributed by atoms with van der Waals surface area (Å²) in [7, 11) is 0. The molecule has 2 nitrogen and oxygen atoms in total. The highest BCUT2D eigenvalue weighted by Gasteiger charge is 2.40. The van der Waals surface area contributed by atoms with Crippen LogP contribution in [0.5, 0.6) is 0 Å². The van der Waals surface area contributed by atoms with Crippen LogP contribution >= 0.6 is 0 Å². The Hall–Kier alpha value is -7.16. The number of benzene rings is 8. The highest BCUT2D eigenvalue weighted by atomic mass is 15.1. The van der Waals surface area contributed by atoms with Crippen LogP contribution < -0.4 is 9.80 Å². The summed E-state index contributed by atoms with van der Waals surface area (Å²) in [5, 5.41) is 0. The lowest BCUT2D eigenvalue weighted by Crippen LogP contribution is -2.18. The van der Waals surface area contributed by atoms with Crippen LogP contribution in [0.25, 0.3) is 39.0 Å². The van der Waals surface area contributed by atoms with Gasteiger partial charge in [-0.3, -0.25) is 0 Å². The molecule has 65 heavy (non-hydrogen) atoms. The van der Waals surface area contributed by atoms with E-state index in [1.807, 2.05) is 0 Å². The highest BCUT2D eigenvalue weighted by Crippen LogP contribution is 2.55. The Morgan fingerprint density at radius 1 is 0.308 bits per heavy atom. The van der Waals surface area contributed by atoms with Gasteiger partial charge < -0.3 is 9.80 Å². The highest BCUT2D eigenvalue weighted by molar-refractivity contribution is 5.93. The number of anilines is 6. The molecule has 0 N–H and O–H groups in total. The van der Waals surface area contributed by atoms with Crippen molar-refractivity contribution in [2.24, 2.45) is 0 Å². The van der Waals surface area contributed by atoms with Crippen molar-refractivity contribution < 1.29 is 0 Å². The normalized spacial score (nSPS) is 16.3. The van der Waals surface area contributed by atoms with Crippen LogP contribution in [0, 0.1) is 0 Å². The second-order valence-corrected chi connectivity index (χ2v) is 20.1. The number of hydrogen-bond acceptors (Lipinski definition) is 2. The molecule has 0 spiro atoms. The maximum atomic E-state index is 2.49. The number of rotatable bonds is 7. The molecular weight excluding hydrogens is 785 g/mol. The van der Waals surface area contributed by atoms with Crippen molar-refractivity contribution in [1.82, 2.24) is 0 Å². The first-order chi connectivity index (χ1) is 31.5. The first-order valence-electron chi connectivity index (χ1n) is 23.4. The maximum Gasteiger partial charge on any atom is 0.0467 e. The van der Waals surface area contributed by atoms with Crippen LogP contribution in [0.3, 0.4) is 0 Å². The van der Waals surface area contributed by atoms with Gasteiger partial charge in [0.2, 0.25) is 0 Å². The number of hydrogen-bond donors (Lipinski definition) is 0. The number of fused-ring (bicyclic) bond motifs is 9. The molecule has 4 aliphatic rings. The van der Waals surface area contributed by atoms with Gasteiger partial charge in [-0.05, 0) is 164 Å². The third-order valence-electron chi connectivity index (χ3n) is 15.3. The zero-order valence-electron chi connectivity index (χ0n) is 38.3. The molecule has 4 aliphatic carbocycles. The molecule has 0 radical (unpaired) electrons. The number of allylic oxidation sites excluding steroid dienone is 4. The predicted octanol–water partition coefficient (Wildman–Crippen LogP) is 17.3. The molecule has 0 unspecified atom stereocenters. The Morgan fingerprint density at radius 3 is 1.25 bits per heavy atom. The van der Waals surface area contributed by atoms with Crippen LogP contribution in [0.1, 0.15) is 87.8 Å². The van der Waals surface area contributed by atoms with E-state index in [2.05, 4.69) is 245 Å². The summed E-state index contributed by atoms with van der Waals surface area (Å²) in [5.41, 5.74) is 25.4. The van der Waals surface area contributed by atoms with Crippen molar-refractivity contribution in [3.05, 3.63) is 233 Å². The van der Waals surface area contributed by atoms with E-state index < -0.39 is 0 Å². The van der Waals surface area contributed by atoms with E-state index in [1.54, 1.807) is 0 Å². The first-order valence-corrected chi connectivity index (χ1v) is 23.4. The van der Waals surface area contributed by atoms with Crippen molar-refractivity contribution in [2.45, 2.75) is 70.6 Å². The van der Waals surface area contributed by atoms with Crippen molar-refractivity contribution >= 4 is 39.7 Å². The Balaban J connectivity index is 0.984. The summed E-state index contributed by atoms with van der Waals surface area (Å²) in [5.74, 6) is 0. The van der Waals surface area contributed by atoms with Gasteiger partial charge in [-0.1, -0.05) is 163 Å². The van der Waals surface area contributed by atoms with Gasteiger partial charge in [0.05, 0.1) is 0 Å². The van der Waals surface area contributed by atoms with E-state index >= 15 is 0 Å². The summed E-state index contributed by atoms with van der Waals surface area (Å²) in [4.78, 5) is 4.91. The van der Waals surface area contributed by atoms with Gasteiger partial charge in [-0.25, -0.2) is 0 Å². The average Bonchev–Trinajstić information content (AvgIpc) is 3.81. The molecule has 0 amide bonds. The van der Waals surface area contributed by atoms with Crippen molar-refractivity contribution in [1.29, 1.82) is 0 Å². The third-order valence-corrected chi connectivity index (χ3v) is 15.3. The van der Waals surface area contributed by atoms with Crippen LogP contribution in [-0.4, -0.2) is 0 Å². The van der Waals surface area contributed by atoms with Crippen molar-refractivity contribution in [3.8, 4) is 33.4 Å². The second-order valence-electron chi connectivity index (χ2n) is 20.1. The monoisotopic (exact) mass is 838 g/mol. The molecule has 0 aromatic heterocycles. The van der Waals surface area contributed by atoms with Gasteiger partial charge in [0.25, 0.3) is 0 Å². The molecular formula is C63H54N2. The van der Waals surface area contributed by atoms with Gasteiger partial charge in [-0.2, -0.15) is 0 Å². The van der Waals surface area contributed by atoms with Gasteiger partial charge in [0.1, 0.15) is 0 Å². The molecule has 316 valence electrons. The fourth-order valence-corrected chi connectivity index (χ4v) is 11.9. The zero-order valence-corrected chi connectivity index (χ0v) is 38.3. The minimum Gasteiger partial charge on any atom is -0.310 e. The van der Waals surface area contributed by atoms with E-state index in [0.29, 0.717) is 0 Å². The lowest BCUT2D eigenvalue weighted by atomic mass is 9.80. The summed E-state index contributed by atoms with van der Waals surface area (Å²) in [6.45, 7) is 14.3. The van der Waals surface area contributed by atoms with E-state index in [1.165, 1.54) is 89.3 Å². The quantitative estimate of drug-likeness (QED) is 0.158. The van der Waals surface area contributed by atoms with E-state index in [4.69, 9.17) is 0 Å². The summed E-state index contributed by atoms with van der Waals surface area (Å²) < 4.78 is 0. The largest absolute Gasteiger partial charge is 0.310 e. The molecule has 0 fully saturated rings. The lowest BCUT2D eigenvalue weighted by molar-refractivity contribution is 0.654. The van der Waals surface area contributed by atoms with Crippen molar-refractivity contribution in [3.63, 3.8) is 0 Å². The number of nitrogens with zero attached hydrogens (tertiary/aromatic N) is 2. The maximum absolute atomic E-state index is 2.49. The average molecular weight is 839 g/mol. The Morgan fingerprint density at radius 2 is 0.708 bits per heavy atom. The molecule has 0 heterocycles. The predicted molar refractivity (Wildman–Crippen MR) is 275 cm³/mol. The van der Waals surface area contributed by atoms with Gasteiger partial charge in [0, 0.05) is 50.4 Å². The molecule has 0 bridgehead atoms. The first kappa shape index (κ1) is 39.4. The molecule has 12 rings (SSSR count). The minimum absolute atomic E-state index is 0.0731. The Kier molecular flexibility index (Phi) is 8.75. The fraction of sp³-hybridized carbons (Fsp3) is 0.175. The van der Waals surface area contributed by atoms with E-state index in [9.17, 15) is 0 Å². The van der Waals surface area contributed by atoms with Crippen LogP contribution in [0.4, 0.5) is 34.1 Å². The second kappa shape index (κ2) is 14.4. The van der Waals surface area contributed by atoms with Gasteiger partial charge in [0.15, 0.2) is 0 Å². The van der Waals surface area contributed by atoms with E-state index in [-0.39, 0.29) is 16.2 Å². The molecule has 0 aliphatic heterocycles. The Labute approximate surface area is 384 Å². The van der Waals surface area contributed by atoms with Crippen LogP contribution in [-0.2, 0) is 16.2 Å². The standard InChI is InChI=1S/C63H54N2/c1-61(2)55-27-13-10-24-49(55)52-33-30-46(38-58(52)61)64(43-20-8-7-9-21-43)44-22-16-18-41(36-44)42-19-17-23-45(37-42)65(47-31-34-53-50-25-11-14-28-56(50)62(3,4)59(53)39-47)48-32-35-54-51-26-12-15-29-57(51)63(5,6)60(54)40-48/h7-11,13-14,16-40H,12,15H2,1-6H3. The zero-order chi connectivity index (χ0) is 44.2. The molecule has 8 aromatic rings. The summed E-state index contributed by atoms with van der Waals surface area (Å²) in [6, 6.07) is 68.3. The smallest absolute Gasteiger partial charge is 0.0467 e. The lowest BCUT2D eigenvalue weighted by Gasteiger charge is -2.30. The SMILES string of the molecule is CC1(C)C2=CCCC=C2c2ccc(N(c3cccc(-c4cccc(N(c5ccccc5)c5ccc6c(c5)C(C)(C)c5ccccc5-6)c4)c3)c3ccc4c(c3)C(C)(C)c3ccccc3-4)cc21. The van der Waals surface area contributed by atoms with E-state index in [0.717, 1.165) is 35.6 Å². The molecule has 0 saturated heterocycles. The third kappa shape index (κ3) is 6.00. The molecule has 0 saturated carbocycles. The minimum atomic E-state index is -0.117. The van der Waals surface area contributed by atoms with Crippen molar-refractivity contribution in [2.75, 3.05) is 9.80 Å². The Bertz CT molecular complexity index is 3300.